The number of hydrogen-bond acceptors (Lipinski definition) is 2. The number of rotatable bonds is 5. The largest absolute Gasteiger partial charge is 0.478 e. The van der Waals surface area contributed by atoms with Gasteiger partial charge in [-0.2, -0.15) is 0 Å². The van der Waals surface area contributed by atoms with E-state index in [9.17, 15) is 14.7 Å². The van der Waals surface area contributed by atoms with E-state index in [4.69, 9.17) is 0 Å². The summed E-state index contributed by atoms with van der Waals surface area (Å²) in [5, 5.41) is 11.9. The lowest BCUT2D eigenvalue weighted by Gasteiger charge is -2.22. The predicted octanol–water partition coefficient (Wildman–Crippen LogP) is 2.88. The van der Waals surface area contributed by atoms with Crippen LogP contribution in [0.4, 0.5) is 10.5 Å². The molecular formula is C15H18N2O3. The van der Waals surface area contributed by atoms with E-state index in [-0.39, 0.29) is 17.6 Å². The van der Waals surface area contributed by atoms with Crippen LogP contribution >= 0.6 is 0 Å². The second-order valence-electron chi connectivity index (χ2n) is 4.90. The van der Waals surface area contributed by atoms with E-state index in [0.717, 1.165) is 12.8 Å². The minimum atomic E-state index is -1.04. The van der Waals surface area contributed by atoms with Gasteiger partial charge in [0.2, 0.25) is 0 Å². The Morgan fingerprint density at radius 3 is 2.75 bits per heavy atom. The third kappa shape index (κ3) is 2.99. The number of urea groups is 1. The molecule has 0 heterocycles. The summed E-state index contributed by atoms with van der Waals surface area (Å²) in [5.41, 5.74) is 1.09. The highest BCUT2D eigenvalue weighted by Crippen LogP contribution is 2.28. The Morgan fingerprint density at radius 2 is 2.20 bits per heavy atom. The van der Waals surface area contributed by atoms with Gasteiger partial charge in [0.25, 0.3) is 0 Å². The summed E-state index contributed by atoms with van der Waals surface area (Å²) in [6.45, 7) is 5.82. The third-order valence-corrected chi connectivity index (χ3v) is 3.30. The maximum Gasteiger partial charge on any atom is 0.338 e. The smallest absolute Gasteiger partial charge is 0.338 e. The Morgan fingerprint density at radius 1 is 1.50 bits per heavy atom. The summed E-state index contributed by atoms with van der Waals surface area (Å²) in [6, 6.07) is 5.01. The highest BCUT2D eigenvalue weighted by Gasteiger charge is 2.32. The number of nitrogens with zero attached hydrogens (tertiary/aromatic N) is 1. The molecule has 0 atom stereocenters. The van der Waals surface area contributed by atoms with Crippen LogP contribution in [-0.4, -0.2) is 34.6 Å². The fourth-order valence-corrected chi connectivity index (χ4v) is 2.17. The molecule has 1 fully saturated rings. The summed E-state index contributed by atoms with van der Waals surface area (Å²) in [6.07, 6.45) is 3.65. The summed E-state index contributed by atoms with van der Waals surface area (Å²) in [7, 11) is 0. The molecule has 0 spiro atoms. The molecule has 1 aromatic carbocycles. The molecule has 1 aliphatic carbocycles. The first-order chi connectivity index (χ1) is 9.54. The maximum absolute atomic E-state index is 12.2. The zero-order valence-corrected chi connectivity index (χ0v) is 11.4. The van der Waals surface area contributed by atoms with Crippen molar-refractivity contribution in [1.29, 1.82) is 0 Å². The molecule has 1 aromatic rings. The van der Waals surface area contributed by atoms with E-state index in [1.165, 1.54) is 0 Å². The molecule has 5 heteroatoms. The Balaban J connectivity index is 2.20. The van der Waals surface area contributed by atoms with Crippen LogP contribution < -0.4 is 5.32 Å². The third-order valence-electron chi connectivity index (χ3n) is 3.30. The fraction of sp³-hybridized carbons (Fsp3) is 0.333. The van der Waals surface area contributed by atoms with Gasteiger partial charge in [0.15, 0.2) is 0 Å². The number of carboxylic acids is 1. The number of carboxylic acid groups (broad SMARTS) is 1. The predicted molar refractivity (Wildman–Crippen MR) is 77.1 cm³/mol. The molecule has 0 aliphatic heterocycles. The second kappa shape index (κ2) is 5.77. The first-order valence-electron chi connectivity index (χ1n) is 6.56. The van der Waals surface area contributed by atoms with E-state index in [1.807, 2.05) is 0 Å². The summed E-state index contributed by atoms with van der Waals surface area (Å²) in [5.74, 6) is -1.04. The average molecular weight is 274 g/mol. The van der Waals surface area contributed by atoms with Crippen LogP contribution in [0.25, 0.3) is 0 Å². The van der Waals surface area contributed by atoms with E-state index in [1.54, 1.807) is 36.1 Å². The van der Waals surface area contributed by atoms with Gasteiger partial charge in [-0.25, -0.2) is 9.59 Å². The number of nitrogens with one attached hydrogen (secondary N) is 1. The van der Waals surface area contributed by atoms with Gasteiger partial charge in [-0.05, 0) is 31.4 Å². The Bertz CT molecular complexity index is 550. The van der Waals surface area contributed by atoms with E-state index >= 15 is 0 Å². The van der Waals surface area contributed by atoms with Crippen LogP contribution in [0.15, 0.2) is 30.9 Å². The summed E-state index contributed by atoms with van der Waals surface area (Å²) < 4.78 is 0. The van der Waals surface area contributed by atoms with Gasteiger partial charge in [0.1, 0.15) is 0 Å². The molecule has 20 heavy (non-hydrogen) atoms. The molecule has 0 saturated heterocycles. The minimum Gasteiger partial charge on any atom is -0.478 e. The van der Waals surface area contributed by atoms with Crippen LogP contribution in [0.1, 0.15) is 28.8 Å². The van der Waals surface area contributed by atoms with E-state index in [0.29, 0.717) is 17.8 Å². The lowest BCUT2D eigenvalue weighted by atomic mass is 10.1. The van der Waals surface area contributed by atoms with Crippen LogP contribution in [0, 0.1) is 6.92 Å². The number of carbonyl (C=O) groups is 2. The zero-order chi connectivity index (χ0) is 14.7. The first-order valence-corrected chi connectivity index (χ1v) is 6.56. The van der Waals surface area contributed by atoms with Gasteiger partial charge in [-0.1, -0.05) is 18.2 Å². The van der Waals surface area contributed by atoms with Gasteiger partial charge in [0.05, 0.1) is 11.3 Å². The van der Waals surface area contributed by atoms with Crippen molar-refractivity contribution >= 4 is 17.7 Å². The SMILES string of the molecule is C=CCN(C(=O)Nc1cccc(C)c1C(=O)O)C1CC1. The molecular weight excluding hydrogens is 256 g/mol. The van der Waals surface area contributed by atoms with Crippen molar-refractivity contribution in [2.45, 2.75) is 25.8 Å². The highest BCUT2D eigenvalue weighted by atomic mass is 16.4. The van der Waals surface area contributed by atoms with Gasteiger partial charge in [0, 0.05) is 12.6 Å². The Labute approximate surface area is 117 Å². The lowest BCUT2D eigenvalue weighted by Crippen LogP contribution is -2.37. The average Bonchev–Trinajstić information content (AvgIpc) is 3.19. The first kappa shape index (κ1) is 14.1. The van der Waals surface area contributed by atoms with Gasteiger partial charge < -0.3 is 15.3 Å². The summed E-state index contributed by atoms with van der Waals surface area (Å²) in [4.78, 5) is 25.2. The van der Waals surface area contributed by atoms with Gasteiger partial charge in [-0.3, -0.25) is 0 Å². The topological polar surface area (TPSA) is 69.6 Å². The van der Waals surface area contributed by atoms with Gasteiger partial charge in [-0.15, -0.1) is 6.58 Å². The number of anilines is 1. The fourth-order valence-electron chi connectivity index (χ4n) is 2.17. The second-order valence-corrected chi connectivity index (χ2v) is 4.90. The molecule has 1 aliphatic rings. The highest BCUT2D eigenvalue weighted by molar-refractivity contribution is 6.01. The number of hydrogen-bond donors (Lipinski definition) is 2. The van der Waals surface area contributed by atoms with Crippen LogP contribution in [0.5, 0.6) is 0 Å². The molecule has 2 amide bonds. The van der Waals surface area contributed by atoms with Gasteiger partial charge >= 0.3 is 12.0 Å². The van der Waals surface area contributed by atoms with Crippen molar-refractivity contribution < 1.29 is 14.7 Å². The molecule has 2 rings (SSSR count). The minimum absolute atomic E-state index is 0.134. The Hall–Kier alpha value is -2.30. The maximum atomic E-state index is 12.2. The number of aryl methyl sites for hydroxylation is 1. The monoisotopic (exact) mass is 274 g/mol. The van der Waals surface area contributed by atoms with E-state index < -0.39 is 5.97 Å². The lowest BCUT2D eigenvalue weighted by molar-refractivity contribution is 0.0697. The van der Waals surface area contributed by atoms with Crippen LogP contribution in [0.3, 0.4) is 0 Å². The quantitative estimate of drug-likeness (QED) is 0.811. The van der Waals surface area contributed by atoms with Crippen molar-refractivity contribution in [2.75, 3.05) is 11.9 Å². The zero-order valence-electron chi connectivity index (χ0n) is 11.4. The van der Waals surface area contributed by atoms with E-state index in [2.05, 4.69) is 11.9 Å². The normalized spacial score (nSPS) is 13.7. The molecule has 0 bridgehead atoms. The van der Waals surface area contributed by atoms with Crippen molar-refractivity contribution in [3.8, 4) is 0 Å². The molecule has 0 radical (unpaired) electrons. The molecule has 0 aromatic heterocycles. The summed E-state index contributed by atoms with van der Waals surface area (Å²) >= 11 is 0. The number of benzene rings is 1. The number of carbonyl (C=O) groups excluding carboxylic acids is 1. The molecule has 1 saturated carbocycles. The van der Waals surface area contributed by atoms with Crippen LogP contribution in [-0.2, 0) is 0 Å². The molecule has 5 nitrogen and oxygen atoms in total. The number of amides is 2. The number of aromatic carboxylic acids is 1. The van der Waals surface area contributed by atoms with Crippen molar-refractivity contribution in [3.63, 3.8) is 0 Å². The van der Waals surface area contributed by atoms with Crippen molar-refractivity contribution in [3.05, 3.63) is 42.0 Å². The van der Waals surface area contributed by atoms with Crippen LogP contribution in [0.2, 0.25) is 0 Å². The molecule has 0 unspecified atom stereocenters. The van der Waals surface area contributed by atoms with Crippen molar-refractivity contribution in [2.24, 2.45) is 0 Å². The Kier molecular flexibility index (Phi) is 4.08. The molecule has 2 N–H and O–H groups in total. The standard InChI is InChI=1S/C15H18N2O3/c1-3-9-17(11-7-8-11)15(20)16-12-6-4-5-10(2)13(12)14(18)19/h3-6,11H,1,7-9H2,2H3,(H,16,20)(H,18,19). The molecule has 106 valence electrons. The van der Waals surface area contributed by atoms with Crippen molar-refractivity contribution in [1.82, 2.24) is 4.90 Å².